The molecular formula is C17H20N2O. The molecule has 0 fully saturated rings. The highest BCUT2D eigenvalue weighted by Gasteiger charge is 2.15. The molecule has 0 unspecified atom stereocenters. The van der Waals surface area contributed by atoms with E-state index in [-0.39, 0.29) is 0 Å². The second-order valence-electron chi connectivity index (χ2n) is 5.10. The summed E-state index contributed by atoms with van der Waals surface area (Å²) < 4.78 is 5.31. The number of rotatable bonds is 3. The SMILES string of the molecule is COc1cccc(N(C)c2cccc3c2NCCC3)c1. The molecule has 20 heavy (non-hydrogen) atoms. The van der Waals surface area contributed by atoms with Crippen LogP contribution in [-0.4, -0.2) is 20.7 Å². The van der Waals surface area contributed by atoms with Crippen molar-refractivity contribution in [3.63, 3.8) is 0 Å². The molecule has 0 amide bonds. The van der Waals surface area contributed by atoms with Crippen molar-refractivity contribution in [2.45, 2.75) is 12.8 Å². The van der Waals surface area contributed by atoms with Crippen LogP contribution in [0.3, 0.4) is 0 Å². The Kier molecular flexibility index (Phi) is 3.50. The number of hydrogen-bond donors (Lipinski definition) is 1. The van der Waals surface area contributed by atoms with Crippen LogP contribution < -0.4 is 15.0 Å². The van der Waals surface area contributed by atoms with Gasteiger partial charge in [-0.2, -0.15) is 0 Å². The van der Waals surface area contributed by atoms with E-state index < -0.39 is 0 Å². The quantitative estimate of drug-likeness (QED) is 0.915. The predicted molar refractivity (Wildman–Crippen MR) is 84.3 cm³/mol. The molecule has 0 atom stereocenters. The number of fused-ring (bicyclic) bond motifs is 1. The second kappa shape index (κ2) is 5.45. The molecule has 0 radical (unpaired) electrons. The number of methoxy groups -OCH3 is 1. The van der Waals surface area contributed by atoms with Crippen LogP contribution in [-0.2, 0) is 6.42 Å². The number of benzene rings is 2. The van der Waals surface area contributed by atoms with E-state index in [1.54, 1.807) is 7.11 Å². The molecule has 2 aromatic carbocycles. The second-order valence-corrected chi connectivity index (χ2v) is 5.10. The third-order valence-electron chi connectivity index (χ3n) is 3.86. The number of anilines is 3. The maximum atomic E-state index is 5.31. The number of nitrogens with one attached hydrogen (secondary N) is 1. The van der Waals surface area contributed by atoms with E-state index in [0.717, 1.165) is 24.4 Å². The molecule has 104 valence electrons. The molecule has 0 saturated carbocycles. The van der Waals surface area contributed by atoms with Gasteiger partial charge in [0.25, 0.3) is 0 Å². The summed E-state index contributed by atoms with van der Waals surface area (Å²) in [5.74, 6) is 0.882. The fourth-order valence-electron chi connectivity index (χ4n) is 2.73. The molecule has 1 N–H and O–H groups in total. The van der Waals surface area contributed by atoms with Crippen LogP contribution in [0, 0.1) is 0 Å². The number of para-hydroxylation sites is 1. The van der Waals surface area contributed by atoms with Gasteiger partial charge in [0, 0.05) is 25.3 Å². The van der Waals surface area contributed by atoms with Gasteiger partial charge in [0.05, 0.1) is 18.5 Å². The molecule has 0 saturated heterocycles. The van der Waals surface area contributed by atoms with E-state index in [1.807, 2.05) is 12.1 Å². The normalized spacial score (nSPS) is 13.3. The third-order valence-corrected chi connectivity index (χ3v) is 3.86. The molecule has 1 aliphatic rings. The number of aryl methyl sites for hydroxylation is 1. The van der Waals surface area contributed by atoms with Crippen molar-refractivity contribution in [1.82, 2.24) is 0 Å². The highest BCUT2D eigenvalue weighted by atomic mass is 16.5. The van der Waals surface area contributed by atoms with E-state index in [0.29, 0.717) is 0 Å². The summed E-state index contributed by atoms with van der Waals surface area (Å²) in [6, 6.07) is 14.7. The Bertz CT molecular complexity index is 610. The van der Waals surface area contributed by atoms with Crippen LogP contribution >= 0.6 is 0 Å². The molecule has 0 bridgehead atoms. The first-order valence-corrected chi connectivity index (χ1v) is 7.03. The van der Waals surface area contributed by atoms with E-state index in [2.05, 4.69) is 47.6 Å². The zero-order valence-corrected chi connectivity index (χ0v) is 12.0. The Morgan fingerprint density at radius 1 is 1.15 bits per heavy atom. The van der Waals surface area contributed by atoms with Gasteiger partial charge in [0.2, 0.25) is 0 Å². The molecule has 0 spiro atoms. The largest absolute Gasteiger partial charge is 0.497 e. The van der Waals surface area contributed by atoms with Crippen LogP contribution in [0.2, 0.25) is 0 Å². The Balaban J connectivity index is 1.99. The van der Waals surface area contributed by atoms with Crippen LogP contribution in [0.15, 0.2) is 42.5 Å². The number of ether oxygens (including phenoxy) is 1. The van der Waals surface area contributed by atoms with E-state index in [4.69, 9.17) is 4.74 Å². The molecule has 1 heterocycles. The van der Waals surface area contributed by atoms with E-state index in [9.17, 15) is 0 Å². The molecular weight excluding hydrogens is 248 g/mol. The lowest BCUT2D eigenvalue weighted by atomic mass is 10.0. The van der Waals surface area contributed by atoms with Crippen LogP contribution in [0.1, 0.15) is 12.0 Å². The van der Waals surface area contributed by atoms with Gasteiger partial charge in [-0.1, -0.05) is 18.2 Å². The number of nitrogens with zero attached hydrogens (tertiary/aromatic N) is 1. The standard InChI is InChI=1S/C17H20N2O/c1-19(14-8-4-9-15(12-14)20-2)16-10-3-6-13-7-5-11-18-17(13)16/h3-4,6,8-10,12,18H,5,7,11H2,1-2H3. The summed E-state index contributed by atoms with van der Waals surface area (Å²) in [7, 11) is 3.80. The van der Waals surface area contributed by atoms with Crippen molar-refractivity contribution in [3.8, 4) is 5.75 Å². The first-order valence-electron chi connectivity index (χ1n) is 7.03. The predicted octanol–water partition coefficient (Wildman–Crippen LogP) is 3.82. The van der Waals surface area contributed by atoms with Crippen LogP contribution in [0.25, 0.3) is 0 Å². The van der Waals surface area contributed by atoms with Gasteiger partial charge < -0.3 is 15.0 Å². The summed E-state index contributed by atoms with van der Waals surface area (Å²) in [4.78, 5) is 2.21. The van der Waals surface area contributed by atoms with Crippen molar-refractivity contribution < 1.29 is 4.74 Å². The van der Waals surface area contributed by atoms with Crippen molar-refractivity contribution in [2.75, 3.05) is 30.9 Å². The van der Waals surface area contributed by atoms with Gasteiger partial charge in [0.15, 0.2) is 0 Å². The Hall–Kier alpha value is -2.16. The average Bonchev–Trinajstić information content (AvgIpc) is 2.53. The molecule has 2 aromatic rings. The zero-order valence-electron chi connectivity index (χ0n) is 12.0. The monoisotopic (exact) mass is 268 g/mol. The van der Waals surface area contributed by atoms with Gasteiger partial charge in [-0.25, -0.2) is 0 Å². The Labute approximate surface area is 120 Å². The summed E-state index contributed by atoms with van der Waals surface area (Å²) >= 11 is 0. The summed E-state index contributed by atoms with van der Waals surface area (Å²) in [5, 5.41) is 3.54. The van der Waals surface area contributed by atoms with Crippen molar-refractivity contribution in [3.05, 3.63) is 48.0 Å². The molecule has 3 heteroatoms. The fraction of sp³-hybridized carbons (Fsp3) is 0.294. The van der Waals surface area contributed by atoms with E-state index >= 15 is 0 Å². The summed E-state index contributed by atoms with van der Waals surface area (Å²) in [6.45, 7) is 1.05. The van der Waals surface area contributed by atoms with Crippen molar-refractivity contribution in [1.29, 1.82) is 0 Å². The van der Waals surface area contributed by atoms with Gasteiger partial charge in [-0.05, 0) is 36.6 Å². The smallest absolute Gasteiger partial charge is 0.120 e. The van der Waals surface area contributed by atoms with E-state index in [1.165, 1.54) is 23.4 Å². The lowest BCUT2D eigenvalue weighted by Crippen LogP contribution is -2.17. The summed E-state index contributed by atoms with van der Waals surface area (Å²) in [5.41, 5.74) is 5.02. The minimum absolute atomic E-state index is 0.882. The average molecular weight is 268 g/mol. The zero-order chi connectivity index (χ0) is 13.9. The van der Waals surface area contributed by atoms with Crippen LogP contribution in [0.4, 0.5) is 17.1 Å². The minimum atomic E-state index is 0.882. The maximum absolute atomic E-state index is 5.31. The topological polar surface area (TPSA) is 24.5 Å². The lowest BCUT2D eigenvalue weighted by molar-refractivity contribution is 0.415. The van der Waals surface area contributed by atoms with Gasteiger partial charge in [-0.15, -0.1) is 0 Å². The fourth-order valence-corrected chi connectivity index (χ4v) is 2.73. The third kappa shape index (κ3) is 2.31. The van der Waals surface area contributed by atoms with Crippen LogP contribution in [0.5, 0.6) is 5.75 Å². The highest BCUT2D eigenvalue weighted by Crippen LogP contribution is 2.36. The first kappa shape index (κ1) is 12.9. The minimum Gasteiger partial charge on any atom is -0.497 e. The highest BCUT2D eigenvalue weighted by molar-refractivity contribution is 5.79. The van der Waals surface area contributed by atoms with Gasteiger partial charge in [-0.3, -0.25) is 0 Å². The van der Waals surface area contributed by atoms with Gasteiger partial charge in [0.1, 0.15) is 5.75 Å². The molecule has 0 aliphatic carbocycles. The Morgan fingerprint density at radius 2 is 2.00 bits per heavy atom. The molecule has 0 aromatic heterocycles. The lowest BCUT2D eigenvalue weighted by Gasteiger charge is -2.27. The molecule has 3 rings (SSSR count). The Morgan fingerprint density at radius 3 is 2.85 bits per heavy atom. The molecule has 3 nitrogen and oxygen atoms in total. The summed E-state index contributed by atoms with van der Waals surface area (Å²) in [6.07, 6.45) is 2.36. The van der Waals surface area contributed by atoms with Gasteiger partial charge >= 0.3 is 0 Å². The molecule has 1 aliphatic heterocycles. The van der Waals surface area contributed by atoms with Crippen molar-refractivity contribution in [2.24, 2.45) is 0 Å². The first-order chi connectivity index (χ1) is 9.79. The van der Waals surface area contributed by atoms with Crippen molar-refractivity contribution >= 4 is 17.1 Å². The number of hydrogen-bond acceptors (Lipinski definition) is 3. The maximum Gasteiger partial charge on any atom is 0.120 e.